The number of fused-ring (bicyclic) bond motifs is 1. The minimum atomic E-state index is -0.0100. The summed E-state index contributed by atoms with van der Waals surface area (Å²) in [5.41, 5.74) is 2.22. The molecule has 132 valence electrons. The summed E-state index contributed by atoms with van der Waals surface area (Å²) in [6, 6.07) is 15.9. The van der Waals surface area contributed by atoms with Crippen molar-refractivity contribution in [3.8, 4) is 0 Å². The number of carbonyl (C=O) groups excluding carboxylic acids is 1. The Morgan fingerprint density at radius 2 is 1.88 bits per heavy atom. The normalized spacial score (nSPS) is 19.5. The van der Waals surface area contributed by atoms with Crippen LogP contribution in [-0.4, -0.2) is 28.7 Å². The molecular formula is C19H15ClN2OS3. The molecule has 0 unspecified atom stereocenters. The highest BCUT2D eigenvalue weighted by Crippen LogP contribution is 2.50. The molecule has 0 aliphatic carbocycles. The molecule has 0 spiro atoms. The molecule has 26 heavy (non-hydrogen) atoms. The van der Waals surface area contributed by atoms with Crippen LogP contribution in [0.4, 0.5) is 5.69 Å². The van der Waals surface area contributed by atoms with Crippen LogP contribution in [0.1, 0.15) is 5.56 Å². The third kappa shape index (κ3) is 3.27. The number of halogens is 1. The molecule has 2 aliphatic heterocycles. The predicted molar refractivity (Wildman–Crippen MR) is 115 cm³/mol. The first-order valence-corrected chi connectivity index (χ1v) is 10.5. The van der Waals surface area contributed by atoms with Crippen molar-refractivity contribution in [3.63, 3.8) is 0 Å². The zero-order valence-electron chi connectivity index (χ0n) is 13.9. The van der Waals surface area contributed by atoms with E-state index in [1.54, 1.807) is 16.7 Å². The average molecular weight is 419 g/mol. The van der Waals surface area contributed by atoms with Crippen LogP contribution in [0.2, 0.25) is 5.02 Å². The Hall–Kier alpha value is -1.47. The van der Waals surface area contributed by atoms with Crippen molar-refractivity contribution in [2.75, 3.05) is 18.5 Å². The monoisotopic (exact) mass is 418 g/mol. The second kappa shape index (κ2) is 7.27. The van der Waals surface area contributed by atoms with Gasteiger partial charge in [-0.15, -0.1) is 0 Å². The highest BCUT2D eigenvalue weighted by atomic mass is 35.5. The van der Waals surface area contributed by atoms with Gasteiger partial charge >= 0.3 is 0 Å². The second-order valence-electron chi connectivity index (χ2n) is 5.97. The fraction of sp³-hybridized carbons (Fsp3) is 0.158. The first-order valence-electron chi connectivity index (χ1n) is 8.07. The topological polar surface area (TPSA) is 23.6 Å². The van der Waals surface area contributed by atoms with Gasteiger partial charge in [-0.2, -0.15) is 0 Å². The van der Waals surface area contributed by atoms with E-state index in [1.807, 2.05) is 48.3 Å². The zero-order chi connectivity index (χ0) is 18.3. The van der Waals surface area contributed by atoms with E-state index in [4.69, 9.17) is 23.8 Å². The first kappa shape index (κ1) is 17.9. The quantitative estimate of drug-likeness (QED) is 0.506. The molecule has 1 amide bonds. The maximum Gasteiger partial charge on any atom is 0.268 e. The Morgan fingerprint density at radius 3 is 2.65 bits per heavy atom. The number of rotatable bonds is 3. The van der Waals surface area contributed by atoms with Gasteiger partial charge in [0, 0.05) is 23.5 Å². The van der Waals surface area contributed by atoms with Gasteiger partial charge in [0.2, 0.25) is 0 Å². The van der Waals surface area contributed by atoms with Gasteiger partial charge in [-0.25, -0.2) is 0 Å². The Morgan fingerprint density at radius 1 is 1.12 bits per heavy atom. The lowest BCUT2D eigenvalue weighted by Crippen LogP contribution is -2.30. The highest BCUT2D eigenvalue weighted by molar-refractivity contribution is 8.27. The smallest absolute Gasteiger partial charge is 0.268 e. The average Bonchev–Trinajstić information content (AvgIpc) is 3.11. The van der Waals surface area contributed by atoms with Crippen LogP contribution in [0.5, 0.6) is 0 Å². The van der Waals surface area contributed by atoms with E-state index in [2.05, 4.69) is 12.1 Å². The Labute approximate surface area is 171 Å². The maximum atomic E-state index is 13.0. The van der Waals surface area contributed by atoms with Crippen molar-refractivity contribution in [3.05, 3.63) is 69.1 Å². The van der Waals surface area contributed by atoms with Gasteiger partial charge in [0.1, 0.15) is 9.23 Å². The number of thioether (sulfide) groups is 2. The van der Waals surface area contributed by atoms with Gasteiger partial charge in [0.05, 0.1) is 10.7 Å². The molecule has 0 atom stereocenters. The molecule has 0 bridgehead atoms. The van der Waals surface area contributed by atoms with E-state index in [0.29, 0.717) is 20.8 Å². The van der Waals surface area contributed by atoms with Gasteiger partial charge in [0.15, 0.2) is 0 Å². The van der Waals surface area contributed by atoms with Gasteiger partial charge in [-0.05, 0) is 30.2 Å². The van der Waals surface area contributed by atoms with Gasteiger partial charge in [-0.1, -0.05) is 77.7 Å². The summed E-state index contributed by atoms with van der Waals surface area (Å²) >= 11 is 14.6. The molecule has 1 saturated heterocycles. The summed E-state index contributed by atoms with van der Waals surface area (Å²) in [5.74, 6) is -0.0100. The number of benzene rings is 2. The molecule has 2 aliphatic rings. The lowest BCUT2D eigenvalue weighted by molar-refractivity contribution is -0.122. The Bertz CT molecular complexity index is 930. The Kier molecular flexibility index (Phi) is 5.01. The summed E-state index contributed by atoms with van der Waals surface area (Å²) < 4.78 is 0.622. The Balaban J connectivity index is 1.56. The summed E-state index contributed by atoms with van der Waals surface area (Å²) in [6.45, 7) is 0.596. The van der Waals surface area contributed by atoms with Crippen molar-refractivity contribution in [2.45, 2.75) is 11.3 Å². The third-order valence-electron chi connectivity index (χ3n) is 4.30. The zero-order valence-corrected chi connectivity index (χ0v) is 17.1. The minimum Gasteiger partial charge on any atom is -0.337 e. The number of hydrogen-bond acceptors (Lipinski definition) is 5. The summed E-state index contributed by atoms with van der Waals surface area (Å²) in [4.78, 5) is 18.5. The molecule has 4 rings (SSSR count). The van der Waals surface area contributed by atoms with Crippen LogP contribution < -0.4 is 4.90 Å². The number of nitrogens with zero attached hydrogens (tertiary/aromatic N) is 2. The van der Waals surface area contributed by atoms with Crippen LogP contribution in [-0.2, 0) is 11.2 Å². The molecule has 0 saturated carbocycles. The van der Waals surface area contributed by atoms with Crippen molar-refractivity contribution < 1.29 is 4.79 Å². The number of amides is 1. The summed E-state index contributed by atoms with van der Waals surface area (Å²) in [6.07, 6.45) is 0.786. The maximum absolute atomic E-state index is 13.0. The van der Waals surface area contributed by atoms with Crippen LogP contribution in [0.3, 0.4) is 0 Å². The molecule has 0 radical (unpaired) electrons. The van der Waals surface area contributed by atoms with Crippen LogP contribution >= 0.6 is 47.3 Å². The van der Waals surface area contributed by atoms with E-state index in [0.717, 1.165) is 22.0 Å². The summed E-state index contributed by atoms with van der Waals surface area (Å²) in [7, 11) is 1.96. The van der Waals surface area contributed by atoms with Gasteiger partial charge in [0.25, 0.3) is 5.91 Å². The fourth-order valence-corrected chi connectivity index (χ4v) is 5.71. The van der Waals surface area contributed by atoms with Crippen LogP contribution in [0.15, 0.2) is 63.4 Å². The SMILES string of the molecule is CN1C(=C2SC(=S)N(CCc3ccccc3)C2=O)Sc2ccc(Cl)cc21. The lowest BCUT2D eigenvalue weighted by Gasteiger charge is -2.16. The molecule has 7 heteroatoms. The minimum absolute atomic E-state index is 0.0100. The van der Waals surface area contributed by atoms with Crippen LogP contribution in [0, 0.1) is 0 Å². The molecule has 2 heterocycles. The van der Waals surface area contributed by atoms with E-state index in [-0.39, 0.29) is 5.91 Å². The number of carbonyl (C=O) groups is 1. The third-order valence-corrected chi connectivity index (χ3v) is 7.34. The second-order valence-corrected chi connectivity index (χ2v) is 9.08. The van der Waals surface area contributed by atoms with Crippen molar-refractivity contribution >= 4 is 63.3 Å². The lowest BCUT2D eigenvalue weighted by atomic mass is 10.1. The van der Waals surface area contributed by atoms with E-state index < -0.39 is 0 Å². The molecule has 2 aromatic carbocycles. The van der Waals surface area contributed by atoms with E-state index in [9.17, 15) is 4.79 Å². The molecule has 3 nitrogen and oxygen atoms in total. The fourth-order valence-electron chi connectivity index (χ4n) is 2.92. The van der Waals surface area contributed by atoms with Crippen molar-refractivity contribution in [2.24, 2.45) is 0 Å². The largest absolute Gasteiger partial charge is 0.337 e. The van der Waals surface area contributed by atoms with Crippen molar-refractivity contribution in [1.82, 2.24) is 4.90 Å². The van der Waals surface area contributed by atoms with E-state index >= 15 is 0 Å². The van der Waals surface area contributed by atoms with Crippen LogP contribution in [0.25, 0.3) is 0 Å². The number of hydrogen-bond donors (Lipinski definition) is 0. The standard InChI is InChI=1S/C19H15ClN2OS3/c1-21-14-11-13(20)7-8-15(14)25-18(21)16-17(23)22(19(24)26-16)10-9-12-5-3-2-4-6-12/h2-8,11H,9-10H2,1H3. The first-order chi connectivity index (χ1) is 12.5. The molecule has 1 fully saturated rings. The molecule has 0 N–H and O–H groups in total. The number of thiocarbonyl (C=S) groups is 1. The molecular weight excluding hydrogens is 404 g/mol. The summed E-state index contributed by atoms with van der Waals surface area (Å²) in [5, 5.41) is 1.61. The van der Waals surface area contributed by atoms with Crippen molar-refractivity contribution in [1.29, 1.82) is 0 Å². The molecule has 2 aromatic rings. The number of anilines is 1. The molecule has 0 aromatic heterocycles. The predicted octanol–water partition coefficient (Wildman–Crippen LogP) is 5.15. The highest BCUT2D eigenvalue weighted by Gasteiger charge is 2.37. The van der Waals surface area contributed by atoms with Gasteiger partial charge < -0.3 is 4.90 Å². The van der Waals surface area contributed by atoms with E-state index in [1.165, 1.54) is 17.3 Å². The van der Waals surface area contributed by atoms with Gasteiger partial charge in [-0.3, -0.25) is 9.69 Å².